The molecule has 2 atom stereocenters. The smallest absolute Gasteiger partial charge is 0.321 e. The first-order valence-corrected chi connectivity index (χ1v) is 5.32. The molecule has 4 heteroatoms. The van der Waals surface area contributed by atoms with Gasteiger partial charge in [-0.1, -0.05) is 12.1 Å². The SMILES string of the molecule is COc1ccc([C@@H]2CCN[C@@H]2C(=O)O)cc1. The van der Waals surface area contributed by atoms with Crippen molar-refractivity contribution in [3.63, 3.8) is 0 Å². The minimum Gasteiger partial charge on any atom is -0.497 e. The molecule has 0 unspecified atom stereocenters. The van der Waals surface area contributed by atoms with Crippen LogP contribution in [0.5, 0.6) is 5.75 Å². The van der Waals surface area contributed by atoms with Gasteiger partial charge in [0.15, 0.2) is 0 Å². The topological polar surface area (TPSA) is 58.6 Å². The predicted molar refractivity (Wildman–Crippen MR) is 59.8 cm³/mol. The van der Waals surface area contributed by atoms with Gasteiger partial charge in [-0.25, -0.2) is 0 Å². The minimum absolute atomic E-state index is 0.0587. The van der Waals surface area contributed by atoms with E-state index in [0.717, 1.165) is 24.3 Å². The van der Waals surface area contributed by atoms with Crippen LogP contribution in [0.3, 0.4) is 0 Å². The summed E-state index contributed by atoms with van der Waals surface area (Å²) in [5, 5.41) is 12.1. The number of benzene rings is 1. The summed E-state index contributed by atoms with van der Waals surface area (Å²) in [5.74, 6) is 0.0725. The van der Waals surface area contributed by atoms with Crippen molar-refractivity contribution in [1.29, 1.82) is 0 Å². The van der Waals surface area contributed by atoms with Gasteiger partial charge >= 0.3 is 5.97 Å². The highest BCUT2D eigenvalue weighted by Crippen LogP contribution is 2.29. The molecule has 2 rings (SSSR count). The van der Waals surface area contributed by atoms with E-state index in [-0.39, 0.29) is 5.92 Å². The fourth-order valence-corrected chi connectivity index (χ4v) is 2.17. The lowest BCUT2D eigenvalue weighted by Crippen LogP contribution is -2.34. The standard InChI is InChI=1S/C12H15NO3/c1-16-9-4-2-8(3-5-9)10-6-7-13-11(10)12(14)15/h2-5,10-11,13H,6-7H2,1H3,(H,14,15)/t10-,11-/m0/s1. The van der Waals surface area contributed by atoms with E-state index >= 15 is 0 Å². The molecule has 1 aromatic rings. The maximum Gasteiger partial charge on any atom is 0.321 e. The van der Waals surface area contributed by atoms with Gasteiger partial charge in [0.05, 0.1) is 7.11 Å². The Balaban J connectivity index is 2.19. The van der Waals surface area contributed by atoms with Gasteiger partial charge in [0.1, 0.15) is 11.8 Å². The van der Waals surface area contributed by atoms with Gasteiger partial charge in [-0.05, 0) is 30.7 Å². The number of aliphatic carboxylic acids is 1. The Hall–Kier alpha value is -1.55. The van der Waals surface area contributed by atoms with Crippen molar-refractivity contribution in [3.05, 3.63) is 29.8 Å². The van der Waals surface area contributed by atoms with E-state index < -0.39 is 12.0 Å². The van der Waals surface area contributed by atoms with Gasteiger partial charge in [0.2, 0.25) is 0 Å². The first-order chi connectivity index (χ1) is 7.72. The number of nitrogens with one attached hydrogen (secondary N) is 1. The molecule has 16 heavy (non-hydrogen) atoms. The van der Waals surface area contributed by atoms with Gasteiger partial charge in [-0.3, -0.25) is 4.79 Å². The molecule has 0 amide bonds. The average Bonchev–Trinajstić information content (AvgIpc) is 2.78. The lowest BCUT2D eigenvalue weighted by atomic mass is 9.92. The van der Waals surface area contributed by atoms with Crippen molar-refractivity contribution in [3.8, 4) is 5.75 Å². The molecular formula is C12H15NO3. The molecule has 1 fully saturated rings. The molecule has 1 saturated heterocycles. The summed E-state index contributed by atoms with van der Waals surface area (Å²) in [6.07, 6.45) is 0.864. The lowest BCUT2D eigenvalue weighted by Gasteiger charge is -2.16. The Morgan fingerprint density at radius 3 is 2.69 bits per heavy atom. The van der Waals surface area contributed by atoms with Gasteiger partial charge < -0.3 is 15.2 Å². The fraction of sp³-hybridized carbons (Fsp3) is 0.417. The summed E-state index contributed by atoms with van der Waals surface area (Å²) < 4.78 is 5.07. The molecule has 1 aliphatic heterocycles. The van der Waals surface area contributed by atoms with Crippen LogP contribution in [0.15, 0.2) is 24.3 Å². The van der Waals surface area contributed by atoms with Crippen LogP contribution in [0.1, 0.15) is 17.9 Å². The Kier molecular flexibility index (Phi) is 3.10. The number of carboxylic acid groups (broad SMARTS) is 1. The quantitative estimate of drug-likeness (QED) is 0.806. The first kappa shape index (κ1) is 11.0. The van der Waals surface area contributed by atoms with E-state index in [0.29, 0.717) is 0 Å². The van der Waals surface area contributed by atoms with E-state index in [9.17, 15) is 4.79 Å². The predicted octanol–water partition coefficient (Wildman–Crippen LogP) is 1.23. The third-order valence-electron chi connectivity index (χ3n) is 3.03. The maximum atomic E-state index is 11.0. The van der Waals surface area contributed by atoms with Crippen LogP contribution in [0.2, 0.25) is 0 Å². The van der Waals surface area contributed by atoms with Crippen LogP contribution in [0.4, 0.5) is 0 Å². The van der Waals surface area contributed by atoms with Crippen molar-refractivity contribution in [1.82, 2.24) is 5.32 Å². The number of carbonyl (C=O) groups is 1. The molecule has 0 saturated carbocycles. The third-order valence-corrected chi connectivity index (χ3v) is 3.03. The van der Waals surface area contributed by atoms with Crippen LogP contribution in [-0.4, -0.2) is 30.8 Å². The molecule has 4 nitrogen and oxygen atoms in total. The van der Waals surface area contributed by atoms with Gasteiger partial charge in [-0.15, -0.1) is 0 Å². The highest BCUT2D eigenvalue weighted by atomic mass is 16.5. The minimum atomic E-state index is -0.779. The summed E-state index contributed by atoms with van der Waals surface area (Å²) in [4.78, 5) is 11.0. The molecule has 1 heterocycles. The van der Waals surface area contributed by atoms with Gasteiger partial charge in [0, 0.05) is 5.92 Å². The van der Waals surface area contributed by atoms with Crippen molar-refractivity contribution in [2.24, 2.45) is 0 Å². The van der Waals surface area contributed by atoms with Crippen LogP contribution in [0.25, 0.3) is 0 Å². The largest absolute Gasteiger partial charge is 0.497 e. The second kappa shape index (κ2) is 4.53. The number of carboxylic acids is 1. The Labute approximate surface area is 94.2 Å². The normalized spacial score (nSPS) is 24.3. The zero-order valence-electron chi connectivity index (χ0n) is 9.14. The summed E-state index contributed by atoms with van der Waals surface area (Å²) in [6.45, 7) is 0.758. The molecule has 2 N–H and O–H groups in total. The Bertz CT molecular complexity index is 374. The molecule has 0 radical (unpaired) electrons. The molecule has 86 valence electrons. The summed E-state index contributed by atoms with van der Waals surface area (Å²) in [6, 6.07) is 7.14. The monoisotopic (exact) mass is 221 g/mol. The summed E-state index contributed by atoms with van der Waals surface area (Å²) >= 11 is 0. The molecule has 0 spiro atoms. The molecule has 1 aromatic carbocycles. The number of hydrogen-bond donors (Lipinski definition) is 2. The highest BCUT2D eigenvalue weighted by Gasteiger charge is 2.33. The summed E-state index contributed by atoms with van der Waals surface area (Å²) in [5.41, 5.74) is 1.05. The van der Waals surface area contributed by atoms with Crippen molar-refractivity contribution >= 4 is 5.97 Å². The first-order valence-electron chi connectivity index (χ1n) is 5.32. The molecular weight excluding hydrogens is 206 g/mol. The third kappa shape index (κ3) is 2.02. The zero-order chi connectivity index (χ0) is 11.5. The molecule has 1 aliphatic rings. The van der Waals surface area contributed by atoms with E-state index in [4.69, 9.17) is 9.84 Å². The van der Waals surface area contributed by atoms with E-state index in [1.807, 2.05) is 24.3 Å². The van der Waals surface area contributed by atoms with Crippen LogP contribution < -0.4 is 10.1 Å². The molecule has 0 bridgehead atoms. The van der Waals surface area contributed by atoms with Crippen molar-refractivity contribution < 1.29 is 14.6 Å². The maximum absolute atomic E-state index is 11.0. The van der Waals surface area contributed by atoms with Crippen molar-refractivity contribution in [2.75, 3.05) is 13.7 Å². The zero-order valence-corrected chi connectivity index (χ0v) is 9.14. The molecule has 0 aliphatic carbocycles. The number of hydrogen-bond acceptors (Lipinski definition) is 3. The van der Waals surface area contributed by atoms with Crippen molar-refractivity contribution in [2.45, 2.75) is 18.4 Å². The van der Waals surface area contributed by atoms with Gasteiger partial charge in [0.25, 0.3) is 0 Å². The second-order valence-corrected chi connectivity index (χ2v) is 3.94. The Morgan fingerprint density at radius 2 is 2.12 bits per heavy atom. The van der Waals surface area contributed by atoms with E-state index in [1.165, 1.54) is 0 Å². The lowest BCUT2D eigenvalue weighted by molar-refractivity contribution is -0.139. The van der Waals surface area contributed by atoms with Crippen LogP contribution in [-0.2, 0) is 4.79 Å². The van der Waals surface area contributed by atoms with E-state index in [2.05, 4.69) is 5.32 Å². The van der Waals surface area contributed by atoms with E-state index in [1.54, 1.807) is 7.11 Å². The Morgan fingerprint density at radius 1 is 1.44 bits per heavy atom. The second-order valence-electron chi connectivity index (χ2n) is 3.94. The number of rotatable bonds is 3. The highest BCUT2D eigenvalue weighted by molar-refractivity contribution is 5.75. The summed E-state index contributed by atoms with van der Waals surface area (Å²) in [7, 11) is 1.62. The molecule has 0 aromatic heterocycles. The van der Waals surface area contributed by atoms with Crippen LogP contribution in [0, 0.1) is 0 Å². The van der Waals surface area contributed by atoms with Gasteiger partial charge in [-0.2, -0.15) is 0 Å². The van der Waals surface area contributed by atoms with Crippen LogP contribution >= 0.6 is 0 Å². The number of methoxy groups -OCH3 is 1. The average molecular weight is 221 g/mol. The fourth-order valence-electron chi connectivity index (χ4n) is 2.17. The number of ether oxygens (including phenoxy) is 1.